The molecule has 6 heteroatoms. The van der Waals surface area contributed by atoms with Crippen LogP contribution in [0.4, 0.5) is 0 Å². The van der Waals surface area contributed by atoms with Gasteiger partial charge in [-0.05, 0) is 35.4 Å². The van der Waals surface area contributed by atoms with Gasteiger partial charge in [0.05, 0.1) is 27.8 Å². The van der Waals surface area contributed by atoms with E-state index in [2.05, 4.69) is 15.9 Å². The minimum absolute atomic E-state index is 0.0113. The van der Waals surface area contributed by atoms with Crippen LogP contribution in [-0.4, -0.2) is 39.2 Å². The SMILES string of the molecule is COc1cc(CC(=O)N(C)Cc2ccc(Br)cc2)cc(OC)c1OC. The molecule has 0 spiro atoms. The minimum Gasteiger partial charge on any atom is -0.493 e. The monoisotopic (exact) mass is 407 g/mol. The van der Waals surface area contributed by atoms with Gasteiger partial charge in [-0.25, -0.2) is 0 Å². The van der Waals surface area contributed by atoms with Gasteiger partial charge in [-0.15, -0.1) is 0 Å². The number of nitrogens with zero attached hydrogens (tertiary/aromatic N) is 1. The van der Waals surface area contributed by atoms with Gasteiger partial charge in [0, 0.05) is 18.1 Å². The number of hydrogen-bond acceptors (Lipinski definition) is 4. The molecule has 0 saturated carbocycles. The van der Waals surface area contributed by atoms with E-state index in [9.17, 15) is 4.79 Å². The number of ether oxygens (including phenoxy) is 3. The molecule has 0 unspecified atom stereocenters. The van der Waals surface area contributed by atoms with Gasteiger partial charge < -0.3 is 19.1 Å². The Bertz CT molecular complexity index is 706. The molecule has 2 aromatic rings. The number of halogens is 1. The third-order valence-corrected chi connectivity index (χ3v) is 4.37. The summed E-state index contributed by atoms with van der Waals surface area (Å²) < 4.78 is 17.0. The van der Waals surface area contributed by atoms with Crippen LogP contribution < -0.4 is 14.2 Å². The highest BCUT2D eigenvalue weighted by Gasteiger charge is 2.16. The Labute approximate surface area is 156 Å². The average molecular weight is 408 g/mol. The van der Waals surface area contributed by atoms with Crippen molar-refractivity contribution in [2.24, 2.45) is 0 Å². The molecule has 0 heterocycles. The molecule has 0 N–H and O–H groups in total. The summed E-state index contributed by atoms with van der Waals surface area (Å²) in [6.45, 7) is 0.552. The highest BCUT2D eigenvalue weighted by molar-refractivity contribution is 9.10. The lowest BCUT2D eigenvalue weighted by atomic mass is 10.1. The molecule has 0 aliphatic rings. The van der Waals surface area contributed by atoms with E-state index >= 15 is 0 Å². The molecule has 0 aromatic heterocycles. The Morgan fingerprint density at radius 3 is 2.00 bits per heavy atom. The zero-order chi connectivity index (χ0) is 18.4. The molecular weight excluding hydrogens is 386 g/mol. The molecule has 0 bridgehead atoms. The molecule has 0 fully saturated rings. The van der Waals surface area contributed by atoms with Crippen LogP contribution in [0.1, 0.15) is 11.1 Å². The van der Waals surface area contributed by atoms with Crippen LogP contribution in [0.5, 0.6) is 17.2 Å². The lowest BCUT2D eigenvalue weighted by molar-refractivity contribution is -0.129. The fraction of sp³-hybridized carbons (Fsp3) is 0.316. The van der Waals surface area contributed by atoms with Gasteiger partial charge in [-0.2, -0.15) is 0 Å². The normalized spacial score (nSPS) is 10.3. The van der Waals surface area contributed by atoms with E-state index in [-0.39, 0.29) is 12.3 Å². The summed E-state index contributed by atoms with van der Waals surface area (Å²) in [7, 11) is 6.46. The Kier molecular flexibility index (Phi) is 6.70. The van der Waals surface area contributed by atoms with Crippen LogP contribution in [0.15, 0.2) is 40.9 Å². The largest absolute Gasteiger partial charge is 0.493 e. The van der Waals surface area contributed by atoms with Crippen LogP contribution in [0.25, 0.3) is 0 Å². The second-order valence-corrected chi connectivity index (χ2v) is 6.50. The molecule has 2 aromatic carbocycles. The molecule has 0 saturated heterocycles. The van der Waals surface area contributed by atoms with Crippen molar-refractivity contribution >= 4 is 21.8 Å². The van der Waals surface area contributed by atoms with E-state index in [1.165, 1.54) is 0 Å². The fourth-order valence-corrected chi connectivity index (χ4v) is 2.76. The summed E-state index contributed by atoms with van der Waals surface area (Å²) in [4.78, 5) is 14.2. The number of amides is 1. The third kappa shape index (κ3) is 4.89. The molecule has 1 amide bonds. The summed E-state index contributed by atoms with van der Waals surface area (Å²) in [5.74, 6) is 1.61. The van der Waals surface area contributed by atoms with E-state index in [1.54, 1.807) is 45.4 Å². The van der Waals surface area contributed by atoms with Crippen molar-refractivity contribution in [3.63, 3.8) is 0 Å². The number of methoxy groups -OCH3 is 3. The molecule has 0 aliphatic heterocycles. The van der Waals surface area contributed by atoms with Crippen LogP contribution in [-0.2, 0) is 17.8 Å². The van der Waals surface area contributed by atoms with Gasteiger partial charge in [-0.3, -0.25) is 4.79 Å². The number of benzene rings is 2. The maximum Gasteiger partial charge on any atom is 0.227 e. The van der Waals surface area contributed by atoms with Crippen molar-refractivity contribution in [2.75, 3.05) is 28.4 Å². The molecule has 0 aliphatic carbocycles. The number of hydrogen-bond donors (Lipinski definition) is 0. The zero-order valence-corrected chi connectivity index (χ0v) is 16.4. The predicted molar refractivity (Wildman–Crippen MR) is 100 cm³/mol. The molecule has 0 radical (unpaired) electrons. The van der Waals surface area contributed by atoms with E-state index in [0.29, 0.717) is 23.8 Å². The van der Waals surface area contributed by atoms with Gasteiger partial charge in [0.2, 0.25) is 11.7 Å². The summed E-state index contributed by atoms with van der Waals surface area (Å²) in [5, 5.41) is 0. The Hall–Kier alpha value is -2.21. The molecule has 5 nitrogen and oxygen atoms in total. The van der Waals surface area contributed by atoms with Gasteiger partial charge in [0.15, 0.2) is 11.5 Å². The van der Waals surface area contributed by atoms with Crippen LogP contribution >= 0.6 is 15.9 Å². The first-order chi connectivity index (χ1) is 12.0. The quantitative estimate of drug-likeness (QED) is 0.702. The Morgan fingerprint density at radius 1 is 0.960 bits per heavy atom. The fourth-order valence-electron chi connectivity index (χ4n) is 2.50. The van der Waals surface area contributed by atoms with Gasteiger partial charge in [0.1, 0.15) is 0 Å². The maximum atomic E-state index is 12.5. The Morgan fingerprint density at radius 2 is 1.52 bits per heavy atom. The van der Waals surface area contributed by atoms with Crippen LogP contribution in [0.3, 0.4) is 0 Å². The molecule has 25 heavy (non-hydrogen) atoms. The van der Waals surface area contributed by atoms with Crippen molar-refractivity contribution in [3.05, 3.63) is 52.0 Å². The number of carbonyl (C=O) groups is 1. The highest BCUT2D eigenvalue weighted by atomic mass is 79.9. The number of likely N-dealkylation sites (N-methyl/N-ethyl adjacent to an activating group) is 1. The first-order valence-corrected chi connectivity index (χ1v) is 8.55. The molecule has 0 atom stereocenters. The van der Waals surface area contributed by atoms with Gasteiger partial charge >= 0.3 is 0 Å². The zero-order valence-electron chi connectivity index (χ0n) is 14.8. The highest BCUT2D eigenvalue weighted by Crippen LogP contribution is 2.38. The second-order valence-electron chi connectivity index (χ2n) is 5.59. The van der Waals surface area contributed by atoms with Crippen molar-refractivity contribution in [1.82, 2.24) is 4.90 Å². The van der Waals surface area contributed by atoms with Crippen LogP contribution in [0.2, 0.25) is 0 Å². The number of rotatable bonds is 7. The topological polar surface area (TPSA) is 48.0 Å². The lowest BCUT2D eigenvalue weighted by Gasteiger charge is -2.19. The van der Waals surface area contributed by atoms with Crippen molar-refractivity contribution in [2.45, 2.75) is 13.0 Å². The summed E-state index contributed by atoms with van der Waals surface area (Å²) in [6, 6.07) is 11.5. The van der Waals surface area contributed by atoms with Gasteiger partial charge in [0.25, 0.3) is 0 Å². The predicted octanol–water partition coefficient (Wildman–Crippen LogP) is 3.68. The van der Waals surface area contributed by atoms with Crippen molar-refractivity contribution in [1.29, 1.82) is 0 Å². The molecule has 134 valence electrons. The summed E-state index contributed by atoms with van der Waals surface area (Å²) in [6.07, 6.45) is 0.254. The third-order valence-electron chi connectivity index (χ3n) is 3.84. The average Bonchev–Trinajstić information content (AvgIpc) is 2.62. The smallest absolute Gasteiger partial charge is 0.227 e. The molecule has 2 rings (SSSR count). The van der Waals surface area contributed by atoms with E-state index in [0.717, 1.165) is 15.6 Å². The maximum absolute atomic E-state index is 12.5. The lowest BCUT2D eigenvalue weighted by Crippen LogP contribution is -2.27. The first-order valence-electron chi connectivity index (χ1n) is 7.75. The first kappa shape index (κ1) is 19.1. The van der Waals surface area contributed by atoms with Gasteiger partial charge in [-0.1, -0.05) is 28.1 Å². The minimum atomic E-state index is 0.0113. The van der Waals surface area contributed by atoms with Crippen molar-refractivity contribution in [3.8, 4) is 17.2 Å². The molecular formula is C19H22BrNO4. The number of carbonyl (C=O) groups excluding carboxylic acids is 1. The summed E-state index contributed by atoms with van der Waals surface area (Å²) in [5.41, 5.74) is 1.88. The van der Waals surface area contributed by atoms with Crippen LogP contribution in [0, 0.1) is 0 Å². The summed E-state index contributed by atoms with van der Waals surface area (Å²) >= 11 is 3.41. The van der Waals surface area contributed by atoms with E-state index < -0.39 is 0 Å². The standard InChI is InChI=1S/C19H22BrNO4/c1-21(12-13-5-7-15(20)8-6-13)18(22)11-14-9-16(23-2)19(25-4)17(10-14)24-3/h5-10H,11-12H2,1-4H3. The second kappa shape index (κ2) is 8.76. The van der Waals surface area contributed by atoms with E-state index in [4.69, 9.17) is 14.2 Å². The van der Waals surface area contributed by atoms with E-state index in [1.807, 2.05) is 24.3 Å². The van der Waals surface area contributed by atoms with Crippen molar-refractivity contribution < 1.29 is 19.0 Å². The Balaban J connectivity index is 2.12.